The first kappa shape index (κ1) is 31.3. The van der Waals surface area contributed by atoms with E-state index in [0.717, 1.165) is 47.4 Å². The quantitative estimate of drug-likeness (QED) is 0.327. The van der Waals surface area contributed by atoms with Gasteiger partial charge in [0.1, 0.15) is 18.1 Å². The molecule has 2 amide bonds. The number of aromatic nitrogens is 1. The van der Waals surface area contributed by atoms with Gasteiger partial charge in [0.25, 0.3) is 0 Å². The van der Waals surface area contributed by atoms with Gasteiger partial charge in [0.15, 0.2) is 9.84 Å². The molecule has 230 valence electrons. The molecular weight excluding hydrogens is 580 g/mol. The summed E-state index contributed by atoms with van der Waals surface area (Å²) in [4.78, 5) is 47.9. The summed E-state index contributed by atoms with van der Waals surface area (Å²) < 4.78 is 24.6. The van der Waals surface area contributed by atoms with E-state index in [4.69, 9.17) is 0 Å². The first-order chi connectivity index (χ1) is 20.9. The van der Waals surface area contributed by atoms with E-state index < -0.39 is 39.1 Å². The number of benzene rings is 2. The Hall–Kier alpha value is -4.18. The lowest BCUT2D eigenvalue weighted by molar-refractivity contribution is -0.122. The standard InChI is InChI=1S/C32H36N6O5S/c1-20-30(36-18-32(2,19-39)34-3)31(41)37(16-25-23-7-5-6-8-26(23)35-15-24(25)22-10-11-22)27-12-9-21(14-33)13-28(27)38(20)29(40)17-44(4,42)43/h5-9,12-13,15,19-20,22,30,34,36H,10-11,16-18H2,1-4H3. The number of anilines is 2. The minimum Gasteiger partial charge on any atom is -0.307 e. The number of hydrogen-bond acceptors (Lipinski definition) is 9. The van der Waals surface area contributed by atoms with Crippen LogP contribution >= 0.6 is 0 Å². The molecule has 1 aliphatic heterocycles. The number of nitriles is 1. The normalized spacial score (nSPS) is 20.0. The number of amides is 2. The maximum atomic E-state index is 14.7. The Morgan fingerprint density at radius 2 is 1.93 bits per heavy atom. The van der Waals surface area contributed by atoms with Crippen LogP contribution in [0.25, 0.3) is 10.9 Å². The first-order valence-electron chi connectivity index (χ1n) is 14.5. The highest BCUT2D eigenvalue weighted by molar-refractivity contribution is 7.91. The Bertz CT molecular complexity index is 1780. The summed E-state index contributed by atoms with van der Waals surface area (Å²) in [5.41, 5.74) is 2.67. The summed E-state index contributed by atoms with van der Waals surface area (Å²) in [5.74, 6) is -1.53. The van der Waals surface area contributed by atoms with Crippen molar-refractivity contribution in [2.75, 3.05) is 35.4 Å². The SMILES string of the molecule is CNC(C)(C=O)CNC1C(=O)N(Cc2c(C3CC3)cnc3ccccc23)c2ccc(C#N)cc2N(C(=O)CS(C)(=O)=O)C1C. The lowest BCUT2D eigenvalue weighted by Crippen LogP contribution is -2.61. The van der Waals surface area contributed by atoms with Crippen molar-refractivity contribution < 1.29 is 22.8 Å². The third kappa shape index (κ3) is 6.22. The Balaban J connectivity index is 1.70. The molecule has 0 saturated heterocycles. The molecule has 11 nitrogen and oxygen atoms in total. The molecule has 1 aromatic heterocycles. The van der Waals surface area contributed by atoms with Crippen LogP contribution in [0.1, 0.15) is 49.3 Å². The average molecular weight is 617 g/mol. The molecule has 44 heavy (non-hydrogen) atoms. The number of aldehydes is 1. The third-order valence-corrected chi connectivity index (χ3v) is 9.28. The Morgan fingerprint density at radius 1 is 1.20 bits per heavy atom. The second-order valence-corrected chi connectivity index (χ2v) is 14.1. The van der Waals surface area contributed by atoms with Crippen LogP contribution in [-0.2, 0) is 30.8 Å². The first-order valence-corrected chi connectivity index (χ1v) is 16.6. The van der Waals surface area contributed by atoms with Crippen LogP contribution in [0.4, 0.5) is 11.4 Å². The van der Waals surface area contributed by atoms with E-state index in [0.29, 0.717) is 11.6 Å². The van der Waals surface area contributed by atoms with Crippen LogP contribution in [0.3, 0.4) is 0 Å². The van der Waals surface area contributed by atoms with Gasteiger partial charge in [-0.1, -0.05) is 18.2 Å². The Kier molecular flexibility index (Phi) is 8.57. The molecule has 12 heteroatoms. The van der Waals surface area contributed by atoms with Crippen molar-refractivity contribution in [3.63, 3.8) is 0 Å². The number of carbonyl (C=O) groups excluding carboxylic acids is 3. The number of likely N-dealkylation sites (N-methyl/N-ethyl adjacent to an activating group) is 1. The van der Waals surface area contributed by atoms with Gasteiger partial charge in [0.05, 0.1) is 46.6 Å². The fourth-order valence-corrected chi connectivity index (χ4v) is 6.35. The van der Waals surface area contributed by atoms with Crippen molar-refractivity contribution in [3.05, 3.63) is 65.4 Å². The summed E-state index contributed by atoms with van der Waals surface area (Å²) in [7, 11) is -2.10. The minimum absolute atomic E-state index is 0.0565. The highest BCUT2D eigenvalue weighted by Gasteiger charge is 2.43. The fraction of sp³-hybridized carbons (Fsp3) is 0.406. The predicted octanol–water partition coefficient (Wildman–Crippen LogP) is 2.43. The van der Waals surface area contributed by atoms with Gasteiger partial charge in [-0.25, -0.2) is 8.42 Å². The molecule has 0 bridgehead atoms. The van der Waals surface area contributed by atoms with Crippen LogP contribution < -0.4 is 20.4 Å². The van der Waals surface area contributed by atoms with Crippen molar-refractivity contribution in [2.45, 2.75) is 56.8 Å². The second kappa shape index (κ2) is 12.1. The molecule has 2 N–H and O–H groups in total. The molecule has 5 rings (SSSR count). The third-order valence-electron chi connectivity index (χ3n) is 8.51. The molecule has 1 fully saturated rings. The number of fused-ring (bicyclic) bond motifs is 2. The van der Waals surface area contributed by atoms with E-state index in [1.807, 2.05) is 30.5 Å². The lowest BCUT2D eigenvalue weighted by Gasteiger charge is -2.34. The lowest BCUT2D eigenvalue weighted by atomic mass is 9.98. The molecule has 0 radical (unpaired) electrons. The number of pyridine rings is 1. The van der Waals surface area contributed by atoms with Gasteiger partial charge in [-0.2, -0.15) is 5.26 Å². The van der Waals surface area contributed by atoms with Crippen molar-refractivity contribution in [1.29, 1.82) is 5.26 Å². The number of nitrogens with zero attached hydrogens (tertiary/aromatic N) is 4. The molecule has 0 spiro atoms. The van der Waals surface area contributed by atoms with E-state index in [-0.39, 0.29) is 30.2 Å². The van der Waals surface area contributed by atoms with Gasteiger partial charge in [-0.15, -0.1) is 0 Å². The van der Waals surface area contributed by atoms with Crippen LogP contribution in [0.5, 0.6) is 0 Å². The maximum absolute atomic E-state index is 14.7. The summed E-state index contributed by atoms with van der Waals surface area (Å²) >= 11 is 0. The van der Waals surface area contributed by atoms with Crippen LogP contribution in [0.15, 0.2) is 48.7 Å². The van der Waals surface area contributed by atoms with E-state index in [9.17, 15) is 28.1 Å². The molecule has 2 heterocycles. The van der Waals surface area contributed by atoms with Crippen molar-refractivity contribution >= 4 is 50.2 Å². The van der Waals surface area contributed by atoms with E-state index in [1.54, 1.807) is 37.9 Å². The maximum Gasteiger partial charge on any atom is 0.246 e. The summed E-state index contributed by atoms with van der Waals surface area (Å²) in [6, 6.07) is 12.7. The average Bonchev–Trinajstić information content (AvgIpc) is 3.84. The zero-order valence-corrected chi connectivity index (χ0v) is 26.0. The monoisotopic (exact) mass is 616 g/mol. The molecule has 1 saturated carbocycles. The molecule has 3 unspecified atom stereocenters. The molecule has 2 aromatic carbocycles. The highest BCUT2D eigenvalue weighted by atomic mass is 32.2. The summed E-state index contributed by atoms with van der Waals surface area (Å²) in [6.45, 7) is 3.56. The zero-order valence-electron chi connectivity index (χ0n) is 25.2. The molecular formula is C32H36N6O5S. The Labute approximate surface area is 257 Å². The highest BCUT2D eigenvalue weighted by Crippen LogP contribution is 2.44. The number of rotatable bonds is 10. The molecule has 2 aliphatic rings. The van der Waals surface area contributed by atoms with Crippen molar-refractivity contribution in [2.24, 2.45) is 0 Å². The number of sulfone groups is 1. The largest absolute Gasteiger partial charge is 0.307 e. The van der Waals surface area contributed by atoms with Gasteiger partial charge in [-0.05, 0) is 75.0 Å². The van der Waals surface area contributed by atoms with Crippen LogP contribution in [0.2, 0.25) is 0 Å². The van der Waals surface area contributed by atoms with Crippen LogP contribution in [-0.4, -0.2) is 74.7 Å². The van der Waals surface area contributed by atoms with Crippen molar-refractivity contribution in [1.82, 2.24) is 15.6 Å². The van der Waals surface area contributed by atoms with Crippen LogP contribution in [0, 0.1) is 11.3 Å². The van der Waals surface area contributed by atoms with Gasteiger partial charge in [0.2, 0.25) is 11.8 Å². The number of para-hydroxylation sites is 1. The smallest absolute Gasteiger partial charge is 0.246 e. The molecule has 1 aliphatic carbocycles. The van der Waals surface area contributed by atoms with Gasteiger partial charge in [-0.3, -0.25) is 14.6 Å². The van der Waals surface area contributed by atoms with Crippen molar-refractivity contribution in [3.8, 4) is 6.07 Å². The fourth-order valence-electron chi connectivity index (χ4n) is 5.76. The number of carbonyl (C=O) groups is 3. The Morgan fingerprint density at radius 3 is 2.57 bits per heavy atom. The second-order valence-electron chi connectivity index (χ2n) is 11.9. The zero-order chi connectivity index (χ0) is 31.8. The summed E-state index contributed by atoms with van der Waals surface area (Å²) in [5, 5.41) is 16.8. The number of nitrogens with one attached hydrogen (secondary N) is 2. The van der Waals surface area contributed by atoms with Gasteiger partial charge in [0, 0.05) is 24.4 Å². The summed E-state index contributed by atoms with van der Waals surface area (Å²) in [6.07, 6.45) is 5.64. The minimum atomic E-state index is -3.73. The van der Waals surface area contributed by atoms with Gasteiger partial charge >= 0.3 is 0 Å². The van der Waals surface area contributed by atoms with E-state index in [2.05, 4.69) is 21.7 Å². The molecule has 3 aromatic rings. The van der Waals surface area contributed by atoms with E-state index in [1.165, 1.54) is 11.0 Å². The number of hydrogen-bond donors (Lipinski definition) is 2. The topological polar surface area (TPSA) is 153 Å². The van der Waals surface area contributed by atoms with E-state index >= 15 is 0 Å². The predicted molar refractivity (Wildman–Crippen MR) is 168 cm³/mol. The molecule has 3 atom stereocenters. The van der Waals surface area contributed by atoms with Gasteiger partial charge < -0.3 is 25.2 Å².